The molecule has 9 nitrogen and oxygen atoms in total. The highest BCUT2D eigenvalue weighted by Gasteiger charge is 2.27. The minimum atomic E-state index is -3.52. The van der Waals surface area contributed by atoms with E-state index in [1.807, 2.05) is 31.3 Å². The van der Waals surface area contributed by atoms with Crippen LogP contribution in [0.4, 0.5) is 0 Å². The van der Waals surface area contributed by atoms with Crippen molar-refractivity contribution in [3.05, 3.63) is 48.5 Å². The van der Waals surface area contributed by atoms with E-state index in [1.54, 1.807) is 19.2 Å². The highest BCUT2D eigenvalue weighted by molar-refractivity contribution is 7.98. The average molecular weight is 462 g/mol. The van der Waals surface area contributed by atoms with Crippen LogP contribution in [0, 0.1) is 0 Å². The van der Waals surface area contributed by atoms with Gasteiger partial charge in [0, 0.05) is 32.4 Å². The lowest BCUT2D eigenvalue weighted by molar-refractivity contribution is 0.222. The first-order valence-corrected chi connectivity index (χ1v) is 12.1. The monoisotopic (exact) mass is 461 g/mol. The SMILES string of the molecule is COc1ccccc1-c1noc(CSc2ccc(S(=O)(=O)N3CCN(C)CC3)cn2)n1. The van der Waals surface area contributed by atoms with Crippen LogP contribution in [-0.2, 0) is 15.8 Å². The zero-order chi connectivity index (χ0) is 21.8. The van der Waals surface area contributed by atoms with Gasteiger partial charge in [-0.15, -0.1) is 0 Å². The summed E-state index contributed by atoms with van der Waals surface area (Å²) in [7, 11) is 0.0575. The Labute approximate surface area is 185 Å². The number of aromatic nitrogens is 3. The molecule has 1 aromatic carbocycles. The molecule has 1 saturated heterocycles. The predicted octanol–water partition coefficient (Wildman–Crippen LogP) is 2.37. The maximum Gasteiger partial charge on any atom is 0.244 e. The molecule has 0 N–H and O–H groups in total. The van der Waals surface area contributed by atoms with Crippen LogP contribution >= 0.6 is 11.8 Å². The van der Waals surface area contributed by atoms with Crippen LogP contribution in [0.2, 0.25) is 0 Å². The van der Waals surface area contributed by atoms with E-state index >= 15 is 0 Å². The van der Waals surface area contributed by atoms with Crippen molar-refractivity contribution >= 4 is 21.8 Å². The van der Waals surface area contributed by atoms with Crippen LogP contribution in [0.25, 0.3) is 11.4 Å². The molecule has 2 aromatic heterocycles. The van der Waals surface area contributed by atoms with Gasteiger partial charge in [-0.3, -0.25) is 0 Å². The second-order valence-electron chi connectivity index (χ2n) is 7.04. The van der Waals surface area contributed by atoms with Gasteiger partial charge in [-0.05, 0) is 31.3 Å². The molecule has 4 rings (SSSR count). The molecule has 0 atom stereocenters. The summed E-state index contributed by atoms with van der Waals surface area (Å²) < 4.78 is 37.8. The summed E-state index contributed by atoms with van der Waals surface area (Å²) in [6.07, 6.45) is 1.41. The van der Waals surface area contributed by atoms with Gasteiger partial charge in [-0.1, -0.05) is 29.1 Å². The topological polar surface area (TPSA) is 102 Å². The molecule has 3 aromatic rings. The Morgan fingerprint density at radius 3 is 2.61 bits per heavy atom. The van der Waals surface area contributed by atoms with Crippen molar-refractivity contribution in [3.63, 3.8) is 0 Å². The average Bonchev–Trinajstić information content (AvgIpc) is 3.27. The first kappa shape index (κ1) is 21.8. The molecule has 0 bridgehead atoms. The number of ether oxygens (including phenoxy) is 1. The fourth-order valence-electron chi connectivity index (χ4n) is 3.17. The van der Waals surface area contributed by atoms with Gasteiger partial charge in [-0.25, -0.2) is 13.4 Å². The minimum Gasteiger partial charge on any atom is -0.496 e. The normalized spacial score (nSPS) is 15.8. The van der Waals surface area contributed by atoms with Gasteiger partial charge in [0.15, 0.2) is 0 Å². The highest BCUT2D eigenvalue weighted by atomic mass is 32.2. The summed E-state index contributed by atoms with van der Waals surface area (Å²) in [5.41, 5.74) is 0.751. The Hall–Kier alpha value is -2.47. The number of likely N-dealkylation sites (N-methyl/N-ethyl adjacent to an activating group) is 1. The number of pyridine rings is 1. The van der Waals surface area contributed by atoms with Crippen molar-refractivity contribution in [3.8, 4) is 17.1 Å². The fraction of sp³-hybridized carbons (Fsp3) is 0.350. The second kappa shape index (κ2) is 9.35. The number of hydrogen-bond donors (Lipinski definition) is 0. The Morgan fingerprint density at radius 2 is 1.90 bits per heavy atom. The van der Waals surface area contributed by atoms with Crippen LogP contribution in [0.1, 0.15) is 5.89 Å². The maximum atomic E-state index is 12.8. The van der Waals surface area contributed by atoms with Crippen LogP contribution in [0.5, 0.6) is 5.75 Å². The van der Waals surface area contributed by atoms with E-state index in [2.05, 4.69) is 20.0 Å². The third kappa shape index (κ3) is 4.90. The molecule has 31 heavy (non-hydrogen) atoms. The van der Waals surface area contributed by atoms with Gasteiger partial charge in [0.2, 0.25) is 21.7 Å². The molecule has 0 saturated carbocycles. The summed E-state index contributed by atoms with van der Waals surface area (Å²) in [4.78, 5) is 11.0. The van der Waals surface area contributed by atoms with Crippen LogP contribution < -0.4 is 4.74 Å². The molecule has 0 spiro atoms. The van der Waals surface area contributed by atoms with Crippen molar-refractivity contribution in [2.45, 2.75) is 15.7 Å². The second-order valence-corrected chi connectivity index (χ2v) is 9.97. The van der Waals surface area contributed by atoms with Crippen molar-refractivity contribution in [1.82, 2.24) is 24.3 Å². The van der Waals surface area contributed by atoms with Gasteiger partial charge in [0.1, 0.15) is 10.6 Å². The van der Waals surface area contributed by atoms with Crippen molar-refractivity contribution < 1.29 is 17.7 Å². The third-order valence-electron chi connectivity index (χ3n) is 4.97. The summed E-state index contributed by atoms with van der Waals surface area (Å²) in [5, 5.41) is 4.70. The minimum absolute atomic E-state index is 0.206. The van der Waals surface area contributed by atoms with E-state index in [9.17, 15) is 8.42 Å². The summed E-state index contributed by atoms with van der Waals surface area (Å²) in [5.74, 6) is 1.98. The van der Waals surface area contributed by atoms with Crippen LogP contribution in [0.15, 0.2) is 57.0 Å². The number of benzene rings is 1. The molecule has 11 heteroatoms. The largest absolute Gasteiger partial charge is 0.496 e. The lowest BCUT2D eigenvalue weighted by Crippen LogP contribution is -2.47. The van der Waals surface area contributed by atoms with Gasteiger partial charge in [-0.2, -0.15) is 9.29 Å². The number of rotatable bonds is 7. The highest BCUT2D eigenvalue weighted by Crippen LogP contribution is 2.28. The number of methoxy groups -OCH3 is 1. The first-order valence-electron chi connectivity index (χ1n) is 9.71. The molecule has 0 aliphatic carbocycles. The molecule has 1 aliphatic rings. The Morgan fingerprint density at radius 1 is 1.13 bits per heavy atom. The number of sulfonamides is 1. The number of hydrogen-bond acceptors (Lipinski definition) is 9. The number of nitrogens with zero attached hydrogens (tertiary/aromatic N) is 5. The lowest BCUT2D eigenvalue weighted by atomic mass is 10.2. The van der Waals surface area contributed by atoms with Gasteiger partial charge in [0.25, 0.3) is 0 Å². The van der Waals surface area contributed by atoms with Crippen molar-refractivity contribution in [1.29, 1.82) is 0 Å². The third-order valence-corrected chi connectivity index (χ3v) is 7.78. The van der Waals surface area contributed by atoms with E-state index in [-0.39, 0.29) is 4.90 Å². The summed E-state index contributed by atoms with van der Waals surface area (Å²) in [6, 6.07) is 10.7. The molecular weight excluding hydrogens is 438 g/mol. The van der Waals surface area contributed by atoms with Crippen LogP contribution in [0.3, 0.4) is 0 Å². The number of thioether (sulfide) groups is 1. The molecule has 3 heterocycles. The van der Waals surface area contributed by atoms with Gasteiger partial charge < -0.3 is 14.2 Å². The van der Waals surface area contributed by atoms with Crippen LogP contribution in [-0.4, -0.2) is 73.1 Å². The predicted molar refractivity (Wildman–Crippen MR) is 116 cm³/mol. The van der Waals surface area contributed by atoms with Gasteiger partial charge >= 0.3 is 0 Å². The quantitative estimate of drug-likeness (QED) is 0.491. The molecular formula is C20H23N5O4S2. The fourth-order valence-corrected chi connectivity index (χ4v) is 5.22. The summed E-state index contributed by atoms with van der Waals surface area (Å²) in [6.45, 7) is 2.42. The smallest absolute Gasteiger partial charge is 0.244 e. The van der Waals surface area contributed by atoms with E-state index in [0.717, 1.165) is 18.7 Å². The molecule has 0 radical (unpaired) electrons. The Kier molecular flexibility index (Phi) is 6.56. The van der Waals surface area contributed by atoms with E-state index in [0.29, 0.717) is 41.3 Å². The Balaban J connectivity index is 1.40. The molecule has 1 aliphatic heterocycles. The van der Waals surface area contributed by atoms with E-state index < -0.39 is 10.0 Å². The van der Waals surface area contributed by atoms with E-state index in [1.165, 1.54) is 22.3 Å². The number of para-hydroxylation sites is 1. The van der Waals surface area contributed by atoms with E-state index in [4.69, 9.17) is 9.26 Å². The maximum absolute atomic E-state index is 12.8. The molecule has 0 unspecified atom stereocenters. The zero-order valence-corrected chi connectivity index (χ0v) is 18.9. The standard InChI is InChI=1S/C20H23N5O4S2/c1-24-9-11-25(12-10-24)31(26,27)15-7-8-19(21-13-15)30-14-18-22-20(23-29-18)16-5-3-4-6-17(16)28-2/h3-8,13H,9-12,14H2,1-2H3. The summed E-state index contributed by atoms with van der Waals surface area (Å²) >= 11 is 1.39. The number of piperazine rings is 1. The van der Waals surface area contributed by atoms with Crippen molar-refractivity contribution in [2.75, 3.05) is 40.3 Å². The van der Waals surface area contributed by atoms with Crippen molar-refractivity contribution in [2.24, 2.45) is 0 Å². The lowest BCUT2D eigenvalue weighted by Gasteiger charge is -2.31. The van der Waals surface area contributed by atoms with Gasteiger partial charge in [0.05, 0.1) is 23.5 Å². The zero-order valence-electron chi connectivity index (χ0n) is 17.3. The molecule has 0 amide bonds. The molecule has 164 valence electrons. The first-order chi connectivity index (χ1) is 15.0. The molecule has 1 fully saturated rings. The Bertz CT molecular complexity index is 1130.